The molecule has 1 aromatic carbocycles. The van der Waals surface area contributed by atoms with Crippen molar-refractivity contribution in [2.45, 2.75) is 38.8 Å². The average molecular weight is 310 g/mol. The SMILES string of the molecule is C=CCc1cnc(-c2ccc(/C=C/CCCC(C)F)cc2)nc1. The van der Waals surface area contributed by atoms with E-state index in [-0.39, 0.29) is 0 Å². The third-order valence-corrected chi connectivity index (χ3v) is 3.54. The van der Waals surface area contributed by atoms with Gasteiger partial charge in [-0.2, -0.15) is 0 Å². The summed E-state index contributed by atoms with van der Waals surface area (Å²) in [6, 6.07) is 8.13. The Balaban J connectivity index is 1.93. The molecule has 23 heavy (non-hydrogen) atoms. The van der Waals surface area contributed by atoms with Gasteiger partial charge in [0.25, 0.3) is 0 Å². The summed E-state index contributed by atoms with van der Waals surface area (Å²) in [6.45, 7) is 5.32. The molecule has 120 valence electrons. The van der Waals surface area contributed by atoms with E-state index in [1.807, 2.05) is 42.7 Å². The van der Waals surface area contributed by atoms with Gasteiger partial charge in [-0.3, -0.25) is 0 Å². The zero-order valence-corrected chi connectivity index (χ0v) is 13.6. The van der Waals surface area contributed by atoms with Gasteiger partial charge in [-0.1, -0.05) is 42.5 Å². The molecular weight excluding hydrogens is 287 g/mol. The third-order valence-electron chi connectivity index (χ3n) is 3.54. The Morgan fingerprint density at radius 3 is 2.48 bits per heavy atom. The lowest BCUT2D eigenvalue weighted by atomic mass is 10.1. The maximum absolute atomic E-state index is 12.7. The number of halogens is 1. The highest BCUT2D eigenvalue weighted by atomic mass is 19.1. The number of alkyl halides is 1. The van der Waals surface area contributed by atoms with E-state index >= 15 is 0 Å². The molecule has 1 heterocycles. The normalized spacial score (nSPS) is 12.4. The fourth-order valence-corrected chi connectivity index (χ4v) is 2.26. The summed E-state index contributed by atoms with van der Waals surface area (Å²) in [4.78, 5) is 8.78. The average Bonchev–Trinajstić information content (AvgIpc) is 2.56. The van der Waals surface area contributed by atoms with E-state index in [4.69, 9.17) is 0 Å². The van der Waals surface area contributed by atoms with Crippen LogP contribution in [0, 0.1) is 0 Å². The van der Waals surface area contributed by atoms with Crippen LogP contribution in [-0.4, -0.2) is 16.1 Å². The van der Waals surface area contributed by atoms with Gasteiger partial charge in [-0.25, -0.2) is 14.4 Å². The minimum atomic E-state index is -0.708. The van der Waals surface area contributed by atoms with Crippen molar-refractivity contribution in [2.24, 2.45) is 0 Å². The van der Waals surface area contributed by atoms with Gasteiger partial charge in [0.2, 0.25) is 0 Å². The molecule has 2 aromatic rings. The van der Waals surface area contributed by atoms with Crippen molar-refractivity contribution in [1.29, 1.82) is 0 Å². The van der Waals surface area contributed by atoms with Crippen LogP contribution in [0.2, 0.25) is 0 Å². The maximum atomic E-state index is 12.7. The molecule has 3 heteroatoms. The van der Waals surface area contributed by atoms with Crippen LogP contribution < -0.4 is 0 Å². The van der Waals surface area contributed by atoms with Gasteiger partial charge in [0.05, 0.1) is 6.17 Å². The lowest BCUT2D eigenvalue weighted by molar-refractivity contribution is 0.335. The molecule has 0 N–H and O–H groups in total. The first-order valence-electron chi connectivity index (χ1n) is 8.02. The second-order valence-corrected chi connectivity index (χ2v) is 5.64. The molecule has 0 saturated carbocycles. The van der Waals surface area contributed by atoms with Crippen molar-refractivity contribution in [3.05, 3.63) is 66.5 Å². The van der Waals surface area contributed by atoms with Gasteiger partial charge in [0, 0.05) is 18.0 Å². The Bertz CT molecular complexity index is 628. The highest BCUT2D eigenvalue weighted by molar-refractivity contribution is 5.59. The summed E-state index contributed by atoms with van der Waals surface area (Å²) in [5, 5.41) is 0. The van der Waals surface area contributed by atoms with Crippen LogP contribution in [0.4, 0.5) is 4.39 Å². The number of rotatable bonds is 8. The number of allylic oxidation sites excluding steroid dienone is 2. The molecule has 0 aliphatic rings. The topological polar surface area (TPSA) is 25.8 Å². The number of aromatic nitrogens is 2. The van der Waals surface area contributed by atoms with E-state index in [9.17, 15) is 4.39 Å². The molecule has 1 unspecified atom stereocenters. The molecule has 0 amide bonds. The molecule has 0 bridgehead atoms. The van der Waals surface area contributed by atoms with E-state index in [1.165, 1.54) is 0 Å². The molecule has 0 spiro atoms. The Kier molecular flexibility index (Phi) is 6.67. The van der Waals surface area contributed by atoms with E-state index in [2.05, 4.69) is 28.7 Å². The van der Waals surface area contributed by atoms with Gasteiger partial charge >= 0.3 is 0 Å². The number of unbranched alkanes of at least 4 members (excludes halogenated alkanes) is 1. The standard InChI is InChI=1S/C20H23FN2/c1-3-7-18-14-22-20(23-15-18)19-12-10-17(11-13-19)9-6-4-5-8-16(2)21/h3,6,9-16H,1,4-5,7-8H2,2H3/b9-6+. The quantitative estimate of drug-likeness (QED) is 0.481. The van der Waals surface area contributed by atoms with Gasteiger partial charge in [-0.15, -0.1) is 6.58 Å². The fraction of sp³-hybridized carbons (Fsp3) is 0.300. The zero-order chi connectivity index (χ0) is 16.5. The van der Waals surface area contributed by atoms with Crippen LogP contribution in [0.1, 0.15) is 37.3 Å². The predicted molar refractivity (Wildman–Crippen MR) is 94.8 cm³/mol. The van der Waals surface area contributed by atoms with Crippen molar-refractivity contribution in [2.75, 3.05) is 0 Å². The second kappa shape index (κ2) is 8.99. The minimum absolute atomic E-state index is 0.627. The van der Waals surface area contributed by atoms with Crippen LogP contribution in [0.5, 0.6) is 0 Å². The van der Waals surface area contributed by atoms with Gasteiger partial charge in [-0.05, 0) is 43.7 Å². The zero-order valence-electron chi connectivity index (χ0n) is 13.6. The third kappa shape index (κ3) is 5.78. The first-order chi connectivity index (χ1) is 11.2. The largest absolute Gasteiger partial charge is 0.248 e. The fourth-order valence-electron chi connectivity index (χ4n) is 2.26. The summed E-state index contributed by atoms with van der Waals surface area (Å²) in [6.07, 6.45) is 12.2. The molecule has 0 radical (unpaired) electrons. The molecule has 0 aliphatic carbocycles. The highest BCUT2D eigenvalue weighted by Crippen LogP contribution is 2.16. The summed E-state index contributed by atoms with van der Waals surface area (Å²) in [7, 11) is 0. The first kappa shape index (κ1) is 17.1. The molecule has 1 atom stereocenters. The number of benzene rings is 1. The summed E-state index contributed by atoms with van der Waals surface area (Å²) < 4.78 is 12.7. The highest BCUT2D eigenvalue weighted by Gasteiger charge is 2.01. The van der Waals surface area contributed by atoms with E-state index in [1.54, 1.807) is 6.92 Å². The number of hydrogen-bond acceptors (Lipinski definition) is 2. The lowest BCUT2D eigenvalue weighted by Gasteiger charge is -2.02. The Hall–Kier alpha value is -2.29. The number of hydrogen-bond donors (Lipinski definition) is 0. The predicted octanol–water partition coefficient (Wildman–Crippen LogP) is 5.41. The summed E-state index contributed by atoms with van der Waals surface area (Å²) >= 11 is 0. The molecule has 0 aliphatic heterocycles. The van der Waals surface area contributed by atoms with Gasteiger partial charge in [0.1, 0.15) is 0 Å². The van der Waals surface area contributed by atoms with Crippen molar-refractivity contribution in [1.82, 2.24) is 9.97 Å². The van der Waals surface area contributed by atoms with E-state index < -0.39 is 6.17 Å². The summed E-state index contributed by atoms with van der Waals surface area (Å²) in [5.74, 6) is 0.727. The minimum Gasteiger partial charge on any atom is -0.248 e. The van der Waals surface area contributed by atoms with Crippen molar-refractivity contribution in [3.8, 4) is 11.4 Å². The smallest absolute Gasteiger partial charge is 0.159 e. The molecular formula is C20H23FN2. The van der Waals surface area contributed by atoms with Crippen LogP contribution in [0.25, 0.3) is 17.5 Å². The Labute approximate surface area is 137 Å². The number of nitrogens with zero attached hydrogens (tertiary/aromatic N) is 2. The molecule has 2 rings (SSSR count). The van der Waals surface area contributed by atoms with E-state index in [0.717, 1.165) is 41.8 Å². The van der Waals surface area contributed by atoms with Crippen molar-refractivity contribution < 1.29 is 4.39 Å². The first-order valence-corrected chi connectivity index (χ1v) is 8.02. The molecule has 0 saturated heterocycles. The van der Waals surface area contributed by atoms with Crippen molar-refractivity contribution in [3.63, 3.8) is 0 Å². The van der Waals surface area contributed by atoms with Crippen LogP contribution in [-0.2, 0) is 6.42 Å². The monoisotopic (exact) mass is 310 g/mol. The van der Waals surface area contributed by atoms with Crippen LogP contribution in [0.3, 0.4) is 0 Å². The maximum Gasteiger partial charge on any atom is 0.159 e. The summed E-state index contributed by atoms with van der Waals surface area (Å²) in [5.41, 5.74) is 3.19. The van der Waals surface area contributed by atoms with Crippen LogP contribution >= 0.6 is 0 Å². The molecule has 1 aromatic heterocycles. The second-order valence-electron chi connectivity index (χ2n) is 5.64. The molecule has 0 fully saturated rings. The van der Waals surface area contributed by atoms with E-state index in [0.29, 0.717) is 6.42 Å². The Morgan fingerprint density at radius 1 is 1.17 bits per heavy atom. The van der Waals surface area contributed by atoms with Gasteiger partial charge < -0.3 is 0 Å². The lowest BCUT2D eigenvalue weighted by Crippen LogP contribution is -1.91. The van der Waals surface area contributed by atoms with Crippen molar-refractivity contribution >= 4 is 6.08 Å². The molecule has 2 nitrogen and oxygen atoms in total. The van der Waals surface area contributed by atoms with Gasteiger partial charge in [0.15, 0.2) is 5.82 Å². The van der Waals surface area contributed by atoms with Crippen LogP contribution in [0.15, 0.2) is 55.4 Å². The Morgan fingerprint density at radius 2 is 1.87 bits per heavy atom.